The lowest BCUT2D eigenvalue weighted by Crippen LogP contribution is -2.38. The first-order chi connectivity index (χ1) is 15.2. The van der Waals surface area contributed by atoms with E-state index >= 15 is 0 Å². The molecule has 2 aromatic rings. The molecule has 0 N–H and O–H groups in total. The van der Waals surface area contributed by atoms with E-state index in [1.165, 1.54) is 33.3 Å². The Labute approximate surface area is 188 Å². The number of nitrogens with zero attached hydrogens (tertiary/aromatic N) is 4. The molecular formula is C22H28N4O5S. The Kier molecular flexibility index (Phi) is 7.47. The molecule has 3 rings (SSSR count). The van der Waals surface area contributed by atoms with Gasteiger partial charge in [0.1, 0.15) is 10.6 Å². The molecule has 2 heterocycles. The zero-order valence-electron chi connectivity index (χ0n) is 18.5. The molecule has 1 aromatic carbocycles. The zero-order chi connectivity index (χ0) is 23.3. The normalized spacial score (nSPS) is 14.9. The van der Waals surface area contributed by atoms with Gasteiger partial charge < -0.3 is 14.5 Å². The maximum Gasteiger partial charge on any atom is 0.253 e. The van der Waals surface area contributed by atoms with Gasteiger partial charge >= 0.3 is 0 Å². The van der Waals surface area contributed by atoms with Gasteiger partial charge in [-0.1, -0.05) is 6.07 Å². The summed E-state index contributed by atoms with van der Waals surface area (Å²) < 4.78 is 31.6. The summed E-state index contributed by atoms with van der Waals surface area (Å²) in [6, 6.07) is 9.87. The fourth-order valence-electron chi connectivity index (χ4n) is 3.53. The highest BCUT2D eigenvalue weighted by Gasteiger charge is 2.27. The maximum atomic E-state index is 13.1. The molecule has 2 amide bonds. The molecule has 10 heteroatoms. The number of carbonyl (C=O) groups excluding carboxylic acids is 2. The zero-order valence-corrected chi connectivity index (χ0v) is 19.3. The highest BCUT2D eigenvalue weighted by atomic mass is 32.2. The number of amides is 2. The fraction of sp³-hybridized carbons (Fsp3) is 0.409. The van der Waals surface area contributed by atoms with Gasteiger partial charge in [-0.05, 0) is 36.8 Å². The van der Waals surface area contributed by atoms with Crippen molar-refractivity contribution >= 4 is 21.8 Å². The van der Waals surface area contributed by atoms with Crippen LogP contribution in [-0.4, -0.2) is 86.7 Å². The number of hydrogen-bond donors (Lipinski definition) is 0. The third kappa shape index (κ3) is 5.25. The van der Waals surface area contributed by atoms with Crippen LogP contribution in [0.5, 0.6) is 5.75 Å². The van der Waals surface area contributed by atoms with Crippen LogP contribution in [0, 0.1) is 0 Å². The van der Waals surface area contributed by atoms with Gasteiger partial charge in [0.15, 0.2) is 0 Å². The molecule has 172 valence electrons. The largest absolute Gasteiger partial charge is 0.495 e. The number of pyridine rings is 1. The molecule has 0 spiro atoms. The summed E-state index contributed by atoms with van der Waals surface area (Å²) in [4.78, 5) is 33.3. The van der Waals surface area contributed by atoms with Crippen LogP contribution >= 0.6 is 0 Å². The Morgan fingerprint density at radius 3 is 2.44 bits per heavy atom. The molecule has 0 radical (unpaired) electrons. The minimum Gasteiger partial charge on any atom is -0.495 e. The van der Waals surface area contributed by atoms with Gasteiger partial charge in [0, 0.05) is 57.7 Å². The van der Waals surface area contributed by atoms with Crippen molar-refractivity contribution in [2.75, 3.05) is 47.4 Å². The number of ether oxygens (including phenoxy) is 1. The topological polar surface area (TPSA) is 100 Å². The van der Waals surface area contributed by atoms with Crippen LogP contribution in [-0.2, 0) is 21.2 Å². The van der Waals surface area contributed by atoms with Crippen LogP contribution < -0.4 is 4.74 Å². The van der Waals surface area contributed by atoms with Gasteiger partial charge in [-0.3, -0.25) is 14.6 Å². The van der Waals surface area contributed by atoms with Crippen molar-refractivity contribution < 1.29 is 22.7 Å². The molecular weight excluding hydrogens is 432 g/mol. The Balaban J connectivity index is 1.73. The van der Waals surface area contributed by atoms with Crippen molar-refractivity contribution in [1.82, 2.24) is 19.1 Å². The summed E-state index contributed by atoms with van der Waals surface area (Å²) in [6.45, 7) is 1.82. The van der Waals surface area contributed by atoms with Crippen molar-refractivity contribution in [3.63, 3.8) is 0 Å². The second-order valence-electron chi connectivity index (χ2n) is 7.68. The predicted molar refractivity (Wildman–Crippen MR) is 119 cm³/mol. The molecule has 1 aliphatic rings. The first kappa shape index (κ1) is 23.7. The van der Waals surface area contributed by atoms with E-state index in [0.717, 1.165) is 4.31 Å². The van der Waals surface area contributed by atoms with E-state index in [2.05, 4.69) is 4.98 Å². The minimum absolute atomic E-state index is 0.0261. The van der Waals surface area contributed by atoms with Gasteiger partial charge in [0.05, 0.1) is 13.5 Å². The Morgan fingerprint density at radius 2 is 1.78 bits per heavy atom. The summed E-state index contributed by atoms with van der Waals surface area (Å²) in [7, 11) is 0.452. The van der Waals surface area contributed by atoms with Crippen LogP contribution in [0.3, 0.4) is 0 Å². The second kappa shape index (κ2) is 10.1. The average molecular weight is 461 g/mol. The van der Waals surface area contributed by atoms with Crippen LogP contribution in [0.1, 0.15) is 22.5 Å². The number of sulfonamides is 1. The lowest BCUT2D eigenvalue weighted by atomic mass is 10.2. The summed E-state index contributed by atoms with van der Waals surface area (Å²) in [5.74, 6) is -0.124. The lowest BCUT2D eigenvalue weighted by Gasteiger charge is -2.23. The summed E-state index contributed by atoms with van der Waals surface area (Å²) in [5, 5.41) is 0. The van der Waals surface area contributed by atoms with Crippen LogP contribution in [0.4, 0.5) is 0 Å². The average Bonchev–Trinajstić information content (AvgIpc) is 3.05. The lowest BCUT2D eigenvalue weighted by molar-refractivity contribution is -0.130. The number of carbonyl (C=O) groups is 2. The number of hydrogen-bond acceptors (Lipinski definition) is 6. The third-order valence-corrected chi connectivity index (χ3v) is 7.20. The third-order valence-electron chi connectivity index (χ3n) is 5.36. The summed E-state index contributed by atoms with van der Waals surface area (Å²) in [6.07, 6.45) is 2.52. The molecule has 0 aliphatic carbocycles. The van der Waals surface area contributed by atoms with E-state index in [1.54, 1.807) is 28.1 Å². The standard InChI is InChI=1S/C22H28N4O5S/c1-24(2)32(29,30)20-15-17(8-9-19(20)31-3)22(28)26-12-6-11-25(13-14-26)21(27)16-18-7-4-5-10-23-18/h4-5,7-10,15H,6,11-14,16H2,1-3H3. The minimum atomic E-state index is -3.78. The van der Waals surface area contributed by atoms with E-state index in [0.29, 0.717) is 38.3 Å². The first-order valence-corrected chi connectivity index (χ1v) is 11.8. The molecule has 1 saturated heterocycles. The smallest absolute Gasteiger partial charge is 0.253 e. The molecule has 1 fully saturated rings. The number of rotatable bonds is 6. The van der Waals surface area contributed by atoms with Gasteiger partial charge in [0.2, 0.25) is 15.9 Å². The quantitative estimate of drug-likeness (QED) is 0.643. The highest BCUT2D eigenvalue weighted by Crippen LogP contribution is 2.27. The molecule has 0 saturated carbocycles. The van der Waals surface area contributed by atoms with Crippen molar-refractivity contribution in [3.05, 3.63) is 53.9 Å². The number of benzene rings is 1. The molecule has 0 atom stereocenters. The first-order valence-electron chi connectivity index (χ1n) is 10.3. The Hall–Kier alpha value is -2.98. The van der Waals surface area contributed by atoms with Gasteiger partial charge in [-0.2, -0.15) is 0 Å². The van der Waals surface area contributed by atoms with Crippen molar-refractivity contribution in [2.24, 2.45) is 0 Å². The summed E-state index contributed by atoms with van der Waals surface area (Å²) >= 11 is 0. The van der Waals surface area contributed by atoms with Gasteiger partial charge in [-0.15, -0.1) is 0 Å². The molecule has 1 aromatic heterocycles. The summed E-state index contributed by atoms with van der Waals surface area (Å²) in [5.41, 5.74) is 0.974. The number of aromatic nitrogens is 1. The predicted octanol–water partition coefficient (Wildman–Crippen LogP) is 1.26. The van der Waals surface area contributed by atoms with E-state index in [-0.39, 0.29) is 34.4 Å². The van der Waals surface area contributed by atoms with E-state index < -0.39 is 10.0 Å². The maximum absolute atomic E-state index is 13.1. The van der Waals surface area contributed by atoms with Crippen LogP contribution in [0.2, 0.25) is 0 Å². The second-order valence-corrected chi connectivity index (χ2v) is 9.80. The molecule has 9 nitrogen and oxygen atoms in total. The Morgan fingerprint density at radius 1 is 1.06 bits per heavy atom. The van der Waals surface area contributed by atoms with E-state index in [9.17, 15) is 18.0 Å². The van der Waals surface area contributed by atoms with Gasteiger partial charge in [-0.25, -0.2) is 12.7 Å². The van der Waals surface area contributed by atoms with Crippen molar-refractivity contribution in [1.29, 1.82) is 0 Å². The molecule has 0 bridgehead atoms. The van der Waals surface area contributed by atoms with Crippen molar-refractivity contribution in [2.45, 2.75) is 17.7 Å². The highest BCUT2D eigenvalue weighted by molar-refractivity contribution is 7.89. The van der Waals surface area contributed by atoms with Crippen LogP contribution in [0.15, 0.2) is 47.5 Å². The van der Waals surface area contributed by atoms with Crippen molar-refractivity contribution in [3.8, 4) is 5.75 Å². The SMILES string of the molecule is COc1ccc(C(=O)N2CCCN(C(=O)Cc3ccccn3)CC2)cc1S(=O)(=O)N(C)C. The molecule has 0 unspecified atom stereocenters. The molecule has 1 aliphatic heterocycles. The fourth-order valence-corrected chi connectivity index (χ4v) is 4.60. The van der Waals surface area contributed by atoms with Gasteiger partial charge in [0.25, 0.3) is 5.91 Å². The molecule has 32 heavy (non-hydrogen) atoms. The monoisotopic (exact) mass is 460 g/mol. The van der Waals surface area contributed by atoms with Crippen LogP contribution in [0.25, 0.3) is 0 Å². The van der Waals surface area contributed by atoms with E-state index in [4.69, 9.17) is 4.74 Å². The number of methoxy groups -OCH3 is 1. The Bertz CT molecular complexity index is 1070. The van der Waals surface area contributed by atoms with E-state index in [1.807, 2.05) is 12.1 Å².